The zero-order valence-electron chi connectivity index (χ0n) is 16.2. The zero-order chi connectivity index (χ0) is 20.4. The van der Waals surface area contributed by atoms with Crippen LogP contribution in [0.1, 0.15) is 54.0 Å². The third-order valence-electron chi connectivity index (χ3n) is 4.06. The summed E-state index contributed by atoms with van der Waals surface area (Å²) in [4.78, 5) is 26.4. The number of benzene rings is 2. The monoisotopic (exact) mass is 406 g/mol. The van der Waals surface area contributed by atoms with Gasteiger partial charge in [-0.3, -0.25) is 9.59 Å². The third-order valence-corrected chi connectivity index (χ3v) is 4.61. The van der Waals surface area contributed by atoms with Gasteiger partial charge in [0.2, 0.25) is 0 Å². The van der Waals surface area contributed by atoms with Crippen LogP contribution in [0.25, 0.3) is 0 Å². The molecule has 0 aromatic heterocycles. The number of carbonyl (C=O) groups excluding carboxylic acids is 2. The molecule has 0 aliphatic heterocycles. The van der Waals surface area contributed by atoms with Crippen molar-refractivity contribution < 1.29 is 9.59 Å². The molecule has 2 amide bonds. The summed E-state index contributed by atoms with van der Waals surface area (Å²) in [5.41, 5.74) is 1.24. The normalized spacial score (nSPS) is 11.2. The molecule has 6 heteroatoms. The van der Waals surface area contributed by atoms with Crippen LogP contribution in [0.3, 0.4) is 0 Å². The Hall–Kier alpha value is -2.04. The van der Waals surface area contributed by atoms with Gasteiger partial charge in [0.25, 0.3) is 11.8 Å². The van der Waals surface area contributed by atoms with Gasteiger partial charge >= 0.3 is 0 Å². The van der Waals surface area contributed by atoms with Crippen molar-refractivity contribution in [2.24, 2.45) is 0 Å². The Bertz CT molecular complexity index is 842. The molecule has 0 bridgehead atoms. The first kappa shape index (κ1) is 21.3. The van der Waals surface area contributed by atoms with Crippen LogP contribution in [-0.2, 0) is 0 Å². The number of carbonyl (C=O) groups is 2. The van der Waals surface area contributed by atoms with Gasteiger partial charge in [0.15, 0.2) is 0 Å². The lowest BCUT2D eigenvalue weighted by molar-refractivity contribution is -0.0410. The van der Waals surface area contributed by atoms with Crippen LogP contribution in [0.15, 0.2) is 42.5 Å². The van der Waals surface area contributed by atoms with Crippen molar-refractivity contribution >= 4 is 35.0 Å². The molecule has 0 radical (unpaired) electrons. The first-order chi connectivity index (χ1) is 12.6. The van der Waals surface area contributed by atoms with Crippen molar-refractivity contribution in [2.45, 2.75) is 40.2 Å². The van der Waals surface area contributed by atoms with E-state index in [1.807, 2.05) is 46.8 Å². The summed E-state index contributed by atoms with van der Waals surface area (Å²) in [7, 11) is 0. The van der Waals surface area contributed by atoms with Crippen molar-refractivity contribution in [1.29, 1.82) is 0 Å². The smallest absolute Gasteiger partial charge is 0.267 e. The summed E-state index contributed by atoms with van der Waals surface area (Å²) in [6, 6.07) is 12.0. The average Bonchev–Trinajstić information content (AvgIpc) is 2.58. The van der Waals surface area contributed by atoms with E-state index < -0.39 is 5.54 Å². The molecule has 144 valence electrons. The molecule has 0 fully saturated rings. The first-order valence-electron chi connectivity index (χ1n) is 8.74. The predicted octanol–water partition coefficient (Wildman–Crippen LogP) is 5.62. The van der Waals surface area contributed by atoms with Crippen LogP contribution >= 0.6 is 23.2 Å². The van der Waals surface area contributed by atoms with E-state index >= 15 is 0 Å². The van der Waals surface area contributed by atoms with Gasteiger partial charge in [0, 0.05) is 17.1 Å². The van der Waals surface area contributed by atoms with Crippen LogP contribution in [0, 0.1) is 6.92 Å². The minimum Gasteiger partial charge on any atom is -0.267 e. The van der Waals surface area contributed by atoms with E-state index in [1.165, 1.54) is 16.1 Å². The standard InChI is InChI=1S/C21H24Cl2N2O2/c1-6-24(19(26)15-9-7-14(2)8-10-15)25(21(3,4)5)20(27)17-12-11-16(22)13-18(17)23/h7-13H,6H2,1-5H3. The van der Waals surface area contributed by atoms with Gasteiger partial charge in [-0.25, -0.2) is 10.0 Å². The molecule has 0 saturated heterocycles. The quantitative estimate of drug-likeness (QED) is 0.620. The summed E-state index contributed by atoms with van der Waals surface area (Å²) >= 11 is 12.2. The van der Waals surface area contributed by atoms with Gasteiger partial charge in [-0.2, -0.15) is 0 Å². The van der Waals surface area contributed by atoms with Gasteiger partial charge in [0.1, 0.15) is 0 Å². The Balaban J connectivity index is 2.48. The molecule has 0 spiro atoms. The van der Waals surface area contributed by atoms with Crippen molar-refractivity contribution in [1.82, 2.24) is 10.0 Å². The minimum absolute atomic E-state index is 0.245. The molecule has 0 heterocycles. The number of amides is 2. The van der Waals surface area contributed by atoms with Crippen LogP contribution < -0.4 is 0 Å². The fraction of sp³-hybridized carbons (Fsp3) is 0.333. The van der Waals surface area contributed by atoms with E-state index in [0.717, 1.165) is 5.56 Å². The minimum atomic E-state index is -0.642. The number of hydrogen-bond acceptors (Lipinski definition) is 2. The zero-order valence-corrected chi connectivity index (χ0v) is 17.7. The van der Waals surface area contributed by atoms with Gasteiger partial charge in [0.05, 0.1) is 16.1 Å². The highest BCUT2D eigenvalue weighted by Gasteiger charge is 2.36. The Morgan fingerprint density at radius 1 is 0.963 bits per heavy atom. The van der Waals surface area contributed by atoms with E-state index in [1.54, 1.807) is 24.3 Å². The highest BCUT2D eigenvalue weighted by atomic mass is 35.5. The second-order valence-electron chi connectivity index (χ2n) is 7.30. The Labute approximate surface area is 170 Å². The lowest BCUT2D eigenvalue weighted by Gasteiger charge is -2.43. The Kier molecular flexibility index (Phi) is 6.55. The van der Waals surface area contributed by atoms with Gasteiger partial charge in [-0.15, -0.1) is 0 Å². The highest BCUT2D eigenvalue weighted by Crippen LogP contribution is 2.27. The molecule has 2 rings (SSSR count). The molecule has 27 heavy (non-hydrogen) atoms. The second kappa shape index (κ2) is 8.32. The number of aryl methyl sites for hydroxylation is 1. The van der Waals surface area contributed by atoms with Crippen LogP contribution in [0.2, 0.25) is 10.0 Å². The molecular weight excluding hydrogens is 383 g/mol. The fourth-order valence-electron chi connectivity index (χ4n) is 2.77. The summed E-state index contributed by atoms with van der Waals surface area (Å²) in [5, 5.41) is 3.62. The summed E-state index contributed by atoms with van der Waals surface area (Å²) in [6.07, 6.45) is 0. The average molecular weight is 407 g/mol. The SMILES string of the molecule is CCN(C(=O)c1ccc(C)cc1)N(C(=O)c1ccc(Cl)cc1Cl)C(C)(C)C. The number of halogens is 2. The van der Waals surface area contributed by atoms with Crippen molar-refractivity contribution in [3.05, 3.63) is 69.2 Å². The molecule has 0 aliphatic carbocycles. The lowest BCUT2D eigenvalue weighted by atomic mass is 10.1. The predicted molar refractivity (Wildman–Crippen MR) is 110 cm³/mol. The second-order valence-corrected chi connectivity index (χ2v) is 8.14. The van der Waals surface area contributed by atoms with Crippen molar-refractivity contribution in [3.63, 3.8) is 0 Å². The third kappa shape index (κ3) is 4.82. The van der Waals surface area contributed by atoms with Crippen LogP contribution in [-0.4, -0.2) is 33.9 Å². The maximum absolute atomic E-state index is 13.3. The van der Waals surface area contributed by atoms with Gasteiger partial charge < -0.3 is 0 Å². The summed E-state index contributed by atoms with van der Waals surface area (Å²) < 4.78 is 0. The summed E-state index contributed by atoms with van der Waals surface area (Å²) in [5.74, 6) is -0.600. The van der Waals surface area contributed by atoms with Gasteiger partial charge in [-0.1, -0.05) is 40.9 Å². The molecule has 2 aromatic carbocycles. The molecular formula is C21H24Cl2N2O2. The van der Waals surface area contributed by atoms with E-state index in [-0.39, 0.29) is 16.8 Å². The van der Waals surface area contributed by atoms with E-state index in [0.29, 0.717) is 22.7 Å². The van der Waals surface area contributed by atoms with Crippen LogP contribution in [0.5, 0.6) is 0 Å². The molecule has 4 nitrogen and oxygen atoms in total. The molecule has 0 unspecified atom stereocenters. The molecule has 0 aliphatic rings. The largest absolute Gasteiger partial charge is 0.274 e. The summed E-state index contributed by atoms with van der Waals surface area (Å²) in [6.45, 7) is 9.75. The van der Waals surface area contributed by atoms with E-state index in [9.17, 15) is 9.59 Å². The number of hydrazine groups is 1. The van der Waals surface area contributed by atoms with E-state index in [4.69, 9.17) is 23.2 Å². The molecule has 0 atom stereocenters. The molecule has 0 saturated carbocycles. The van der Waals surface area contributed by atoms with Crippen LogP contribution in [0.4, 0.5) is 0 Å². The Morgan fingerprint density at radius 3 is 2.04 bits per heavy atom. The Morgan fingerprint density at radius 2 is 1.56 bits per heavy atom. The number of rotatable bonds is 3. The topological polar surface area (TPSA) is 40.6 Å². The van der Waals surface area contributed by atoms with Gasteiger partial charge in [-0.05, 0) is 65.0 Å². The maximum Gasteiger partial charge on any atom is 0.274 e. The highest BCUT2D eigenvalue weighted by molar-refractivity contribution is 6.36. The fourth-order valence-corrected chi connectivity index (χ4v) is 3.26. The van der Waals surface area contributed by atoms with E-state index in [2.05, 4.69) is 0 Å². The maximum atomic E-state index is 13.3. The number of hydrogen-bond donors (Lipinski definition) is 0. The first-order valence-corrected chi connectivity index (χ1v) is 9.50. The molecule has 2 aromatic rings. The molecule has 0 N–H and O–H groups in total. The van der Waals surface area contributed by atoms with Crippen molar-refractivity contribution in [3.8, 4) is 0 Å². The number of nitrogens with zero attached hydrogens (tertiary/aromatic N) is 2. The lowest BCUT2D eigenvalue weighted by Crippen LogP contribution is -2.58. The van der Waals surface area contributed by atoms with Crippen molar-refractivity contribution in [2.75, 3.05) is 6.54 Å².